The number of benzene rings is 1. The molecule has 6 heteroatoms. The molecular weight excluding hydrogens is 314 g/mol. The molecule has 1 N–H and O–H groups in total. The molecule has 0 saturated heterocycles. The number of nitrogens with one attached hydrogen (secondary N) is 1. The van der Waals surface area contributed by atoms with Crippen LogP contribution < -0.4 is 4.90 Å². The van der Waals surface area contributed by atoms with Gasteiger partial charge >= 0.3 is 0 Å². The number of pyridine rings is 2. The Labute approximate surface area is 144 Å². The molecule has 0 atom stereocenters. The summed E-state index contributed by atoms with van der Waals surface area (Å²) in [5.41, 5.74) is 3.03. The number of aromatic nitrogens is 4. The summed E-state index contributed by atoms with van der Waals surface area (Å²) in [6.45, 7) is 0. The third-order valence-electron chi connectivity index (χ3n) is 3.89. The molecule has 0 aliphatic carbocycles. The van der Waals surface area contributed by atoms with Gasteiger partial charge in [-0.1, -0.05) is 30.3 Å². The van der Waals surface area contributed by atoms with Crippen molar-refractivity contribution in [1.82, 2.24) is 20.2 Å². The summed E-state index contributed by atoms with van der Waals surface area (Å²) in [5, 5.41) is 7.65. The third kappa shape index (κ3) is 3.10. The molecule has 122 valence electrons. The van der Waals surface area contributed by atoms with Crippen LogP contribution in [0.25, 0.3) is 11.0 Å². The van der Waals surface area contributed by atoms with Crippen molar-refractivity contribution in [2.75, 3.05) is 4.90 Å². The lowest BCUT2D eigenvalue weighted by Crippen LogP contribution is -2.27. The summed E-state index contributed by atoms with van der Waals surface area (Å²) in [4.78, 5) is 23.2. The van der Waals surface area contributed by atoms with Gasteiger partial charge in [-0.15, -0.1) is 0 Å². The van der Waals surface area contributed by atoms with Crippen LogP contribution in [-0.2, 0) is 11.2 Å². The second-order valence-corrected chi connectivity index (χ2v) is 5.60. The van der Waals surface area contributed by atoms with Crippen molar-refractivity contribution < 1.29 is 4.79 Å². The van der Waals surface area contributed by atoms with Crippen LogP contribution in [0, 0.1) is 0 Å². The van der Waals surface area contributed by atoms with Gasteiger partial charge in [0.1, 0.15) is 0 Å². The van der Waals surface area contributed by atoms with Crippen molar-refractivity contribution in [1.29, 1.82) is 0 Å². The fourth-order valence-corrected chi connectivity index (χ4v) is 2.72. The Bertz CT molecular complexity index is 998. The molecule has 25 heavy (non-hydrogen) atoms. The number of amides is 1. The summed E-state index contributed by atoms with van der Waals surface area (Å²) in [6, 6.07) is 15.2. The number of carbonyl (C=O) groups is 1. The molecule has 0 aliphatic rings. The normalized spacial score (nSPS) is 10.7. The second-order valence-electron chi connectivity index (χ2n) is 5.60. The number of nitrogens with zero attached hydrogens (tertiary/aromatic N) is 4. The SMILES string of the molecule is O=C(Cc1ccccc1)N(c1cccnc1)c1cnc2[nH]ncc2c1. The number of fused-ring (bicyclic) bond motifs is 1. The van der Waals surface area contributed by atoms with Gasteiger partial charge in [-0.3, -0.25) is 19.8 Å². The van der Waals surface area contributed by atoms with Crippen LogP contribution in [-0.4, -0.2) is 26.1 Å². The van der Waals surface area contributed by atoms with Gasteiger partial charge in [0.05, 0.1) is 36.4 Å². The Morgan fingerprint density at radius 3 is 2.68 bits per heavy atom. The monoisotopic (exact) mass is 329 g/mol. The maximum absolute atomic E-state index is 13.0. The van der Waals surface area contributed by atoms with Gasteiger partial charge in [0.15, 0.2) is 5.65 Å². The average Bonchev–Trinajstić information content (AvgIpc) is 3.11. The van der Waals surface area contributed by atoms with E-state index in [1.807, 2.05) is 48.5 Å². The van der Waals surface area contributed by atoms with Crippen LogP contribution in [0.2, 0.25) is 0 Å². The molecule has 0 bridgehead atoms. The van der Waals surface area contributed by atoms with E-state index in [0.29, 0.717) is 23.4 Å². The minimum Gasteiger partial charge on any atom is -0.278 e. The van der Waals surface area contributed by atoms with Crippen molar-refractivity contribution >= 4 is 28.3 Å². The Balaban J connectivity index is 1.74. The number of H-pyrrole nitrogens is 1. The van der Waals surface area contributed by atoms with E-state index in [9.17, 15) is 4.79 Å². The largest absolute Gasteiger partial charge is 0.278 e. The van der Waals surface area contributed by atoms with E-state index in [1.54, 1.807) is 29.7 Å². The van der Waals surface area contributed by atoms with Crippen molar-refractivity contribution in [3.05, 3.63) is 78.9 Å². The quantitative estimate of drug-likeness (QED) is 0.623. The summed E-state index contributed by atoms with van der Waals surface area (Å²) in [5.74, 6) is -0.0520. The van der Waals surface area contributed by atoms with Crippen molar-refractivity contribution in [2.24, 2.45) is 0 Å². The average molecular weight is 329 g/mol. The second kappa shape index (κ2) is 6.52. The van der Waals surface area contributed by atoms with Gasteiger partial charge in [0, 0.05) is 11.6 Å². The number of carbonyl (C=O) groups excluding carboxylic acids is 1. The highest BCUT2D eigenvalue weighted by molar-refractivity contribution is 6.02. The van der Waals surface area contributed by atoms with Gasteiger partial charge in [0.2, 0.25) is 5.91 Å². The number of rotatable bonds is 4. The van der Waals surface area contributed by atoms with E-state index in [-0.39, 0.29) is 5.91 Å². The first kappa shape index (κ1) is 15.0. The maximum atomic E-state index is 13.0. The molecule has 4 rings (SSSR count). The van der Waals surface area contributed by atoms with Crippen molar-refractivity contribution in [3.8, 4) is 0 Å². The fourth-order valence-electron chi connectivity index (χ4n) is 2.72. The van der Waals surface area contributed by atoms with Crippen LogP contribution in [0.1, 0.15) is 5.56 Å². The van der Waals surface area contributed by atoms with Gasteiger partial charge in [-0.25, -0.2) is 4.98 Å². The molecule has 1 amide bonds. The minimum atomic E-state index is -0.0520. The van der Waals surface area contributed by atoms with E-state index in [1.165, 1.54) is 0 Å². The highest BCUT2D eigenvalue weighted by Crippen LogP contribution is 2.27. The van der Waals surface area contributed by atoms with Crippen LogP contribution in [0.5, 0.6) is 0 Å². The maximum Gasteiger partial charge on any atom is 0.236 e. The van der Waals surface area contributed by atoms with E-state index >= 15 is 0 Å². The lowest BCUT2D eigenvalue weighted by molar-refractivity contribution is -0.117. The highest BCUT2D eigenvalue weighted by Gasteiger charge is 2.19. The zero-order chi connectivity index (χ0) is 17.1. The predicted octanol–water partition coefficient (Wildman–Crippen LogP) is 3.26. The highest BCUT2D eigenvalue weighted by atomic mass is 16.2. The van der Waals surface area contributed by atoms with Crippen molar-refractivity contribution in [3.63, 3.8) is 0 Å². The molecule has 0 aliphatic heterocycles. The van der Waals surface area contributed by atoms with Gasteiger partial charge in [-0.05, 0) is 23.8 Å². The Kier molecular flexibility index (Phi) is 3.92. The molecule has 3 aromatic heterocycles. The molecule has 0 unspecified atom stereocenters. The lowest BCUT2D eigenvalue weighted by Gasteiger charge is -2.22. The number of hydrogen-bond acceptors (Lipinski definition) is 4. The van der Waals surface area contributed by atoms with Crippen LogP contribution in [0.4, 0.5) is 11.4 Å². The van der Waals surface area contributed by atoms with E-state index < -0.39 is 0 Å². The number of hydrogen-bond donors (Lipinski definition) is 1. The third-order valence-corrected chi connectivity index (χ3v) is 3.89. The Morgan fingerprint density at radius 2 is 1.88 bits per heavy atom. The fraction of sp³-hybridized carbons (Fsp3) is 0.0526. The smallest absolute Gasteiger partial charge is 0.236 e. The van der Waals surface area contributed by atoms with Crippen LogP contribution in [0.15, 0.2) is 73.3 Å². The summed E-state index contributed by atoms with van der Waals surface area (Å²) >= 11 is 0. The van der Waals surface area contributed by atoms with Crippen LogP contribution >= 0.6 is 0 Å². The molecule has 3 heterocycles. The van der Waals surface area contributed by atoms with E-state index in [2.05, 4.69) is 20.2 Å². The molecule has 0 radical (unpaired) electrons. The van der Waals surface area contributed by atoms with E-state index in [0.717, 1.165) is 10.9 Å². The molecular formula is C19H15N5O. The van der Waals surface area contributed by atoms with E-state index in [4.69, 9.17) is 0 Å². The molecule has 4 aromatic rings. The standard InChI is InChI=1S/C19H15N5O/c25-18(9-14-5-2-1-3-6-14)24(16-7-4-8-20-12-16)17-10-15-11-22-23-19(15)21-13-17/h1-8,10-13H,9H2,(H,21,22,23). The Hall–Kier alpha value is -3.54. The topological polar surface area (TPSA) is 74.8 Å². The van der Waals surface area contributed by atoms with Gasteiger partial charge in [0.25, 0.3) is 0 Å². The van der Waals surface area contributed by atoms with Gasteiger partial charge < -0.3 is 0 Å². The predicted molar refractivity (Wildman–Crippen MR) is 95.4 cm³/mol. The zero-order valence-electron chi connectivity index (χ0n) is 13.3. The number of aromatic amines is 1. The van der Waals surface area contributed by atoms with Gasteiger partial charge in [-0.2, -0.15) is 5.10 Å². The minimum absolute atomic E-state index is 0.0520. The first-order valence-corrected chi connectivity index (χ1v) is 7.87. The summed E-state index contributed by atoms with van der Waals surface area (Å²) in [6.07, 6.45) is 6.99. The zero-order valence-corrected chi connectivity index (χ0v) is 13.3. The molecule has 0 saturated carbocycles. The lowest BCUT2D eigenvalue weighted by atomic mass is 10.1. The first-order chi connectivity index (χ1) is 12.3. The van der Waals surface area contributed by atoms with Crippen LogP contribution in [0.3, 0.4) is 0 Å². The Morgan fingerprint density at radius 1 is 1.00 bits per heavy atom. The van der Waals surface area contributed by atoms with Crippen molar-refractivity contribution in [2.45, 2.75) is 6.42 Å². The number of anilines is 2. The molecule has 1 aromatic carbocycles. The first-order valence-electron chi connectivity index (χ1n) is 7.87. The summed E-state index contributed by atoms with van der Waals surface area (Å²) in [7, 11) is 0. The molecule has 0 spiro atoms. The molecule has 0 fully saturated rings. The molecule has 6 nitrogen and oxygen atoms in total. The summed E-state index contributed by atoms with van der Waals surface area (Å²) < 4.78 is 0.